The van der Waals surface area contributed by atoms with Crippen LogP contribution in [-0.2, 0) is 0 Å². The van der Waals surface area contributed by atoms with Crippen molar-refractivity contribution in [3.05, 3.63) is 54.2 Å². The Morgan fingerprint density at radius 3 is 2.53 bits per heavy atom. The number of hydrogen-bond acceptors (Lipinski definition) is 5. The molecule has 0 atom stereocenters. The predicted octanol–water partition coefficient (Wildman–Crippen LogP) is 4.88. The number of aromatic carboxylic acids is 1. The van der Waals surface area contributed by atoms with E-state index in [4.69, 9.17) is 21.3 Å². The molecule has 2 amide bonds. The van der Waals surface area contributed by atoms with Crippen LogP contribution in [0.2, 0.25) is 0 Å². The van der Waals surface area contributed by atoms with Crippen LogP contribution in [0.3, 0.4) is 0 Å². The maximum atomic E-state index is 12.0. The predicted molar refractivity (Wildman–Crippen MR) is 112 cm³/mol. The molecule has 0 saturated heterocycles. The summed E-state index contributed by atoms with van der Waals surface area (Å²) in [7, 11) is 1.41. The molecule has 1 aliphatic rings. The molecule has 3 aromatic rings. The summed E-state index contributed by atoms with van der Waals surface area (Å²) in [5.41, 5.74) is 1.14. The Balaban J connectivity index is 1.55. The molecule has 4 rings (SSSR count). The van der Waals surface area contributed by atoms with Crippen molar-refractivity contribution < 1.29 is 24.2 Å². The van der Waals surface area contributed by atoms with Crippen molar-refractivity contribution in [2.45, 2.75) is 18.9 Å². The van der Waals surface area contributed by atoms with Gasteiger partial charge >= 0.3 is 12.0 Å². The third-order valence-corrected chi connectivity index (χ3v) is 5.08. The SMILES string of the molecule is COc1cc2nccc(Oc3ccc(NC(=O)N(Cl)C4CC4)cc3)c2cc1C(=O)O. The van der Waals surface area contributed by atoms with E-state index >= 15 is 0 Å². The smallest absolute Gasteiger partial charge is 0.339 e. The van der Waals surface area contributed by atoms with Crippen LogP contribution in [0.15, 0.2) is 48.7 Å². The number of nitrogens with zero attached hydrogens (tertiary/aromatic N) is 2. The topological polar surface area (TPSA) is 101 Å². The molecule has 1 heterocycles. The van der Waals surface area contributed by atoms with Gasteiger partial charge in [0.2, 0.25) is 0 Å². The van der Waals surface area contributed by atoms with Crippen molar-refractivity contribution in [2.75, 3.05) is 12.4 Å². The van der Waals surface area contributed by atoms with Gasteiger partial charge in [-0.15, -0.1) is 0 Å². The zero-order valence-electron chi connectivity index (χ0n) is 16.0. The molecule has 1 aliphatic carbocycles. The molecule has 2 aromatic carbocycles. The summed E-state index contributed by atoms with van der Waals surface area (Å²) < 4.78 is 12.3. The first-order chi connectivity index (χ1) is 14.5. The second-order valence-corrected chi connectivity index (χ2v) is 7.15. The van der Waals surface area contributed by atoms with Crippen molar-refractivity contribution in [2.24, 2.45) is 0 Å². The number of benzene rings is 2. The number of carbonyl (C=O) groups excluding carboxylic acids is 1. The number of pyridine rings is 1. The highest BCUT2D eigenvalue weighted by Gasteiger charge is 2.31. The molecule has 1 saturated carbocycles. The van der Waals surface area contributed by atoms with E-state index in [1.165, 1.54) is 17.6 Å². The summed E-state index contributed by atoms with van der Waals surface area (Å²) in [6.45, 7) is 0. The lowest BCUT2D eigenvalue weighted by molar-refractivity contribution is 0.0693. The first-order valence-electron chi connectivity index (χ1n) is 9.20. The summed E-state index contributed by atoms with van der Waals surface area (Å²) in [5, 5.41) is 12.7. The Hall–Kier alpha value is -3.52. The van der Waals surface area contributed by atoms with E-state index in [0.29, 0.717) is 28.1 Å². The lowest BCUT2D eigenvalue weighted by Gasteiger charge is -2.14. The van der Waals surface area contributed by atoms with Crippen LogP contribution in [0, 0.1) is 0 Å². The Bertz CT molecular complexity index is 1120. The standard InChI is InChI=1S/C21H18ClN3O5/c1-29-19-11-17-15(10-16(19)20(26)27)18(8-9-23-17)30-14-6-2-12(3-7-14)24-21(28)25(22)13-4-5-13/h2-3,6-11,13H,4-5H2,1H3,(H,24,28)(H,26,27). The molecule has 9 heteroatoms. The summed E-state index contributed by atoms with van der Waals surface area (Å²) in [5.74, 6) is 0.0724. The van der Waals surface area contributed by atoms with Crippen LogP contribution in [0.4, 0.5) is 10.5 Å². The summed E-state index contributed by atoms with van der Waals surface area (Å²) in [6, 6.07) is 11.2. The fraction of sp³-hybridized carbons (Fsp3) is 0.190. The highest BCUT2D eigenvalue weighted by Crippen LogP contribution is 2.34. The number of urea groups is 1. The zero-order chi connectivity index (χ0) is 21.3. The Kier molecular flexibility index (Phi) is 5.33. The van der Waals surface area contributed by atoms with E-state index in [9.17, 15) is 14.7 Å². The summed E-state index contributed by atoms with van der Waals surface area (Å²) in [6.07, 6.45) is 3.40. The van der Waals surface area contributed by atoms with Gasteiger partial charge in [-0.2, -0.15) is 0 Å². The van der Waals surface area contributed by atoms with Gasteiger partial charge in [-0.1, -0.05) is 0 Å². The quantitative estimate of drug-likeness (QED) is 0.543. The maximum absolute atomic E-state index is 12.0. The van der Waals surface area contributed by atoms with E-state index in [1.807, 2.05) is 0 Å². The van der Waals surface area contributed by atoms with Gasteiger partial charge < -0.3 is 19.9 Å². The first kappa shape index (κ1) is 19.8. The number of nitrogens with one attached hydrogen (secondary N) is 1. The van der Waals surface area contributed by atoms with E-state index in [-0.39, 0.29) is 23.4 Å². The number of carbonyl (C=O) groups is 2. The van der Waals surface area contributed by atoms with E-state index in [0.717, 1.165) is 12.8 Å². The third-order valence-electron chi connectivity index (χ3n) is 4.65. The van der Waals surface area contributed by atoms with Crippen molar-refractivity contribution in [3.63, 3.8) is 0 Å². The zero-order valence-corrected chi connectivity index (χ0v) is 16.7. The largest absolute Gasteiger partial charge is 0.496 e. The fourth-order valence-electron chi connectivity index (χ4n) is 2.95. The van der Waals surface area contributed by atoms with Crippen molar-refractivity contribution in [1.82, 2.24) is 9.40 Å². The number of anilines is 1. The van der Waals surface area contributed by atoms with E-state index in [2.05, 4.69) is 10.3 Å². The first-order valence-corrected chi connectivity index (χ1v) is 9.54. The number of methoxy groups -OCH3 is 1. The second-order valence-electron chi connectivity index (χ2n) is 6.78. The second kappa shape index (κ2) is 8.08. The van der Waals surface area contributed by atoms with Crippen LogP contribution >= 0.6 is 11.8 Å². The van der Waals surface area contributed by atoms with Crippen molar-refractivity contribution in [3.8, 4) is 17.2 Å². The van der Waals surface area contributed by atoms with Crippen molar-refractivity contribution >= 4 is 40.4 Å². The van der Waals surface area contributed by atoms with E-state index < -0.39 is 5.97 Å². The van der Waals surface area contributed by atoms with Crippen molar-refractivity contribution in [1.29, 1.82) is 0 Å². The molecule has 1 aromatic heterocycles. The lowest BCUT2D eigenvalue weighted by atomic mass is 10.1. The lowest BCUT2D eigenvalue weighted by Crippen LogP contribution is -2.28. The highest BCUT2D eigenvalue weighted by atomic mass is 35.5. The molecule has 1 fully saturated rings. The number of amides is 2. The van der Waals surface area contributed by atoms with Crippen LogP contribution < -0.4 is 14.8 Å². The fourth-order valence-corrected chi connectivity index (χ4v) is 3.19. The molecule has 154 valence electrons. The van der Waals surface area contributed by atoms with Crippen LogP contribution in [0.5, 0.6) is 17.2 Å². The Morgan fingerprint density at radius 2 is 1.90 bits per heavy atom. The molecular weight excluding hydrogens is 410 g/mol. The van der Waals surface area contributed by atoms with Gasteiger partial charge in [0.05, 0.1) is 18.7 Å². The minimum atomic E-state index is -1.11. The van der Waals surface area contributed by atoms with Crippen LogP contribution in [0.1, 0.15) is 23.2 Å². The van der Waals surface area contributed by atoms with Gasteiger partial charge in [0.25, 0.3) is 0 Å². The molecule has 0 spiro atoms. The van der Waals surface area contributed by atoms with Gasteiger partial charge in [0, 0.05) is 35.1 Å². The highest BCUT2D eigenvalue weighted by molar-refractivity contribution is 6.23. The van der Waals surface area contributed by atoms with Crippen LogP contribution in [-0.4, -0.2) is 39.7 Å². The normalized spacial score (nSPS) is 13.0. The Morgan fingerprint density at radius 1 is 1.17 bits per heavy atom. The molecule has 0 aliphatic heterocycles. The Labute approximate surface area is 177 Å². The number of carboxylic acids is 1. The number of ether oxygens (including phenoxy) is 2. The summed E-state index contributed by atoms with van der Waals surface area (Å²) >= 11 is 5.97. The summed E-state index contributed by atoms with van der Waals surface area (Å²) in [4.78, 5) is 27.8. The number of carboxylic acid groups (broad SMARTS) is 1. The van der Waals surface area contributed by atoms with Gasteiger partial charge in [-0.05, 0) is 49.2 Å². The number of fused-ring (bicyclic) bond motifs is 1. The third kappa shape index (κ3) is 4.08. The minimum absolute atomic E-state index is 0.0159. The van der Waals surface area contributed by atoms with E-state index in [1.54, 1.807) is 42.6 Å². The molecule has 30 heavy (non-hydrogen) atoms. The molecule has 8 nitrogen and oxygen atoms in total. The number of rotatable bonds is 6. The molecule has 0 radical (unpaired) electrons. The number of hydrogen-bond donors (Lipinski definition) is 2. The number of aromatic nitrogens is 1. The monoisotopic (exact) mass is 427 g/mol. The molecular formula is C21H18ClN3O5. The molecule has 2 N–H and O–H groups in total. The maximum Gasteiger partial charge on any atom is 0.339 e. The molecule has 0 unspecified atom stereocenters. The van der Waals surface area contributed by atoms with Gasteiger partial charge in [-0.3, -0.25) is 4.98 Å². The average molecular weight is 428 g/mol. The molecule has 0 bridgehead atoms. The van der Waals surface area contributed by atoms with Gasteiger partial charge in [0.15, 0.2) is 0 Å². The minimum Gasteiger partial charge on any atom is -0.496 e. The number of halogens is 1. The van der Waals surface area contributed by atoms with Crippen LogP contribution in [0.25, 0.3) is 10.9 Å². The van der Waals surface area contributed by atoms with Gasteiger partial charge in [-0.25, -0.2) is 14.0 Å². The van der Waals surface area contributed by atoms with Gasteiger partial charge in [0.1, 0.15) is 22.8 Å². The average Bonchev–Trinajstić information content (AvgIpc) is 3.59.